The average Bonchev–Trinajstić information content (AvgIpc) is 2.10. The standard InChI is InChI=1S/C6H11NO.C2H6/c7-5-6-1-3-8-4-2-6;1-2/h5-7H,1-4H2;1-2H3. The molecular formula is C8H17NO. The Morgan fingerprint density at radius 1 is 1.30 bits per heavy atom. The van der Waals surface area contributed by atoms with Crippen LogP contribution in [0.3, 0.4) is 0 Å². The predicted molar refractivity (Wildman–Crippen MR) is 43.7 cm³/mol. The Hall–Kier alpha value is -0.370. The third kappa shape index (κ3) is 3.62. The Labute approximate surface area is 63.1 Å². The number of nitrogens with one attached hydrogen (secondary N) is 1. The molecule has 0 bridgehead atoms. The maximum absolute atomic E-state index is 6.92. The van der Waals surface area contributed by atoms with Crippen LogP contribution in [-0.2, 0) is 4.74 Å². The SMILES string of the molecule is CC.N=CC1CCOCC1. The van der Waals surface area contributed by atoms with Crippen molar-refractivity contribution in [3.8, 4) is 0 Å². The molecule has 0 aromatic rings. The van der Waals surface area contributed by atoms with Crippen LogP contribution in [0, 0.1) is 11.3 Å². The molecule has 0 radical (unpaired) electrons. The first-order valence-corrected chi connectivity index (χ1v) is 4.02. The van der Waals surface area contributed by atoms with E-state index in [0.717, 1.165) is 26.1 Å². The predicted octanol–water partition coefficient (Wildman–Crippen LogP) is 2.09. The lowest BCUT2D eigenvalue weighted by molar-refractivity contribution is 0.0837. The van der Waals surface area contributed by atoms with Crippen LogP contribution in [0.2, 0.25) is 0 Å². The summed E-state index contributed by atoms with van der Waals surface area (Å²) >= 11 is 0. The van der Waals surface area contributed by atoms with Gasteiger partial charge in [0, 0.05) is 13.2 Å². The minimum atomic E-state index is 0.503. The minimum absolute atomic E-state index is 0.503. The average molecular weight is 143 g/mol. The summed E-state index contributed by atoms with van der Waals surface area (Å²) in [4.78, 5) is 0. The highest BCUT2D eigenvalue weighted by molar-refractivity contribution is 5.56. The van der Waals surface area contributed by atoms with Gasteiger partial charge in [0.05, 0.1) is 0 Å². The van der Waals surface area contributed by atoms with Gasteiger partial charge in [-0.3, -0.25) is 0 Å². The molecule has 0 saturated carbocycles. The molecule has 1 saturated heterocycles. The summed E-state index contributed by atoms with van der Waals surface area (Å²) in [5, 5.41) is 6.92. The second kappa shape index (κ2) is 6.75. The molecule has 1 aliphatic heterocycles. The number of rotatable bonds is 1. The molecule has 2 nitrogen and oxygen atoms in total. The molecule has 10 heavy (non-hydrogen) atoms. The van der Waals surface area contributed by atoms with Crippen LogP contribution < -0.4 is 0 Å². The largest absolute Gasteiger partial charge is 0.381 e. The highest BCUT2D eigenvalue weighted by Gasteiger charge is 2.09. The van der Waals surface area contributed by atoms with Crippen molar-refractivity contribution in [1.82, 2.24) is 0 Å². The van der Waals surface area contributed by atoms with Gasteiger partial charge in [0.2, 0.25) is 0 Å². The zero-order valence-electron chi connectivity index (χ0n) is 6.89. The topological polar surface area (TPSA) is 33.1 Å². The molecule has 1 aliphatic rings. The molecule has 0 unspecified atom stereocenters. The quantitative estimate of drug-likeness (QED) is 0.560. The lowest BCUT2D eigenvalue weighted by Gasteiger charge is -2.16. The summed E-state index contributed by atoms with van der Waals surface area (Å²) in [7, 11) is 0. The van der Waals surface area contributed by atoms with Crippen LogP contribution in [-0.4, -0.2) is 19.4 Å². The van der Waals surface area contributed by atoms with Crippen LogP contribution in [0.15, 0.2) is 0 Å². The first-order chi connectivity index (χ1) is 4.93. The van der Waals surface area contributed by atoms with Gasteiger partial charge in [-0.2, -0.15) is 0 Å². The molecule has 1 rings (SSSR count). The molecule has 0 spiro atoms. The molecule has 0 atom stereocenters. The van der Waals surface area contributed by atoms with Gasteiger partial charge in [0.15, 0.2) is 0 Å². The fraction of sp³-hybridized carbons (Fsp3) is 0.875. The van der Waals surface area contributed by atoms with E-state index in [4.69, 9.17) is 10.1 Å². The van der Waals surface area contributed by atoms with E-state index in [1.165, 1.54) is 6.21 Å². The van der Waals surface area contributed by atoms with Gasteiger partial charge in [-0.1, -0.05) is 13.8 Å². The van der Waals surface area contributed by atoms with Gasteiger partial charge in [-0.25, -0.2) is 0 Å². The van der Waals surface area contributed by atoms with E-state index in [-0.39, 0.29) is 0 Å². The lowest BCUT2D eigenvalue weighted by Crippen LogP contribution is -2.15. The molecule has 0 aromatic carbocycles. The second-order valence-electron chi connectivity index (χ2n) is 2.12. The fourth-order valence-electron chi connectivity index (χ4n) is 0.882. The van der Waals surface area contributed by atoms with Crippen molar-refractivity contribution in [2.75, 3.05) is 13.2 Å². The van der Waals surface area contributed by atoms with E-state index >= 15 is 0 Å². The van der Waals surface area contributed by atoms with Crippen LogP contribution in [0.5, 0.6) is 0 Å². The van der Waals surface area contributed by atoms with Gasteiger partial charge in [0.25, 0.3) is 0 Å². The smallest absolute Gasteiger partial charge is 0.0472 e. The fourth-order valence-corrected chi connectivity index (χ4v) is 0.882. The molecule has 60 valence electrons. The minimum Gasteiger partial charge on any atom is -0.381 e. The Morgan fingerprint density at radius 2 is 1.80 bits per heavy atom. The van der Waals surface area contributed by atoms with Crippen molar-refractivity contribution in [3.63, 3.8) is 0 Å². The Balaban J connectivity index is 0.000000371. The van der Waals surface area contributed by atoms with Crippen molar-refractivity contribution in [2.45, 2.75) is 26.7 Å². The number of ether oxygens (including phenoxy) is 1. The third-order valence-corrected chi connectivity index (χ3v) is 1.50. The first kappa shape index (κ1) is 9.63. The van der Waals surface area contributed by atoms with E-state index < -0.39 is 0 Å². The lowest BCUT2D eigenvalue weighted by atomic mass is 10.0. The van der Waals surface area contributed by atoms with Crippen molar-refractivity contribution >= 4 is 6.21 Å². The van der Waals surface area contributed by atoms with E-state index in [2.05, 4.69) is 0 Å². The molecular weight excluding hydrogens is 126 g/mol. The van der Waals surface area contributed by atoms with Crippen LogP contribution in [0.25, 0.3) is 0 Å². The highest BCUT2D eigenvalue weighted by Crippen LogP contribution is 2.10. The van der Waals surface area contributed by atoms with E-state index in [1.54, 1.807) is 0 Å². The van der Waals surface area contributed by atoms with Gasteiger partial charge in [-0.15, -0.1) is 0 Å². The van der Waals surface area contributed by atoms with Crippen LogP contribution in [0.4, 0.5) is 0 Å². The molecule has 0 amide bonds. The summed E-state index contributed by atoms with van der Waals surface area (Å²) in [6.45, 7) is 5.69. The molecule has 1 fully saturated rings. The van der Waals surface area contributed by atoms with Crippen LogP contribution in [0.1, 0.15) is 26.7 Å². The molecule has 1 heterocycles. The Kier molecular flexibility index (Phi) is 6.50. The zero-order chi connectivity index (χ0) is 7.82. The second-order valence-corrected chi connectivity index (χ2v) is 2.12. The molecule has 0 aromatic heterocycles. The number of hydrogen-bond donors (Lipinski definition) is 1. The van der Waals surface area contributed by atoms with E-state index in [1.807, 2.05) is 13.8 Å². The summed E-state index contributed by atoms with van der Waals surface area (Å²) in [6.07, 6.45) is 3.62. The van der Waals surface area contributed by atoms with Crippen molar-refractivity contribution in [1.29, 1.82) is 5.41 Å². The first-order valence-electron chi connectivity index (χ1n) is 4.02. The van der Waals surface area contributed by atoms with Gasteiger partial charge in [-0.05, 0) is 25.0 Å². The summed E-state index contributed by atoms with van der Waals surface area (Å²) in [5.74, 6) is 0.503. The normalized spacial score (nSPS) is 19.0. The monoisotopic (exact) mass is 143 g/mol. The maximum Gasteiger partial charge on any atom is 0.0472 e. The van der Waals surface area contributed by atoms with Gasteiger partial charge in [0.1, 0.15) is 0 Å². The molecule has 1 N–H and O–H groups in total. The Morgan fingerprint density at radius 3 is 2.10 bits per heavy atom. The third-order valence-electron chi connectivity index (χ3n) is 1.50. The highest BCUT2D eigenvalue weighted by atomic mass is 16.5. The van der Waals surface area contributed by atoms with E-state index in [0.29, 0.717) is 5.92 Å². The van der Waals surface area contributed by atoms with Crippen molar-refractivity contribution in [2.24, 2.45) is 5.92 Å². The molecule has 2 heteroatoms. The molecule has 0 aliphatic carbocycles. The number of hydrogen-bond acceptors (Lipinski definition) is 2. The van der Waals surface area contributed by atoms with Gasteiger partial charge >= 0.3 is 0 Å². The van der Waals surface area contributed by atoms with Gasteiger partial charge < -0.3 is 10.1 Å². The van der Waals surface area contributed by atoms with Crippen LogP contribution >= 0.6 is 0 Å². The van der Waals surface area contributed by atoms with Crippen molar-refractivity contribution < 1.29 is 4.74 Å². The Bertz CT molecular complexity index is 77.3. The van der Waals surface area contributed by atoms with E-state index in [9.17, 15) is 0 Å². The summed E-state index contributed by atoms with van der Waals surface area (Å²) in [5.41, 5.74) is 0. The summed E-state index contributed by atoms with van der Waals surface area (Å²) in [6, 6.07) is 0. The maximum atomic E-state index is 6.92. The summed E-state index contributed by atoms with van der Waals surface area (Å²) < 4.78 is 5.10. The van der Waals surface area contributed by atoms with Crippen molar-refractivity contribution in [3.05, 3.63) is 0 Å². The zero-order valence-corrected chi connectivity index (χ0v) is 6.89.